The van der Waals surface area contributed by atoms with Crippen LogP contribution in [0.3, 0.4) is 0 Å². The Hall–Kier alpha value is -5.03. The molecule has 9 nitrogen and oxygen atoms in total. The number of amides is 2. The van der Waals surface area contributed by atoms with Crippen LogP contribution in [0.1, 0.15) is 50.2 Å². The van der Waals surface area contributed by atoms with Gasteiger partial charge in [-0.15, -0.1) is 11.3 Å². The summed E-state index contributed by atoms with van der Waals surface area (Å²) >= 11 is 1.52. The molecule has 0 radical (unpaired) electrons. The predicted molar refractivity (Wildman–Crippen MR) is 157 cm³/mol. The van der Waals surface area contributed by atoms with E-state index in [9.17, 15) is 14.4 Å². The molecule has 0 bridgehead atoms. The molecule has 4 heterocycles. The summed E-state index contributed by atoms with van der Waals surface area (Å²) in [6, 6.07) is 13.1. The minimum absolute atomic E-state index is 0.00177. The fraction of sp³-hybridized carbons (Fsp3) is 0.161. The first-order valence-corrected chi connectivity index (χ1v) is 14.1. The van der Waals surface area contributed by atoms with Crippen LogP contribution < -0.4 is 15.4 Å². The standard InChI is InChI=1S/C31H25FN4O5S/c1-3-10-34-30(38)24-5-4-17(27(35-24)31(39)40-2)19-14-25-21(28-16(15-41-25)9-12-42-28)13-20(19)29(37)36-23-7-6-22-18(26(23)32)8-11-33-22/h4-9,11-14,33H,3,10,15H2,1-2H3,(H,34,38)(H,36,37). The van der Waals surface area contributed by atoms with E-state index in [0.717, 1.165) is 16.9 Å². The predicted octanol–water partition coefficient (Wildman–Crippen LogP) is 6.17. The van der Waals surface area contributed by atoms with E-state index in [0.29, 0.717) is 40.9 Å². The lowest BCUT2D eigenvalue weighted by molar-refractivity contribution is 0.0594. The van der Waals surface area contributed by atoms with Crippen molar-refractivity contribution in [2.24, 2.45) is 0 Å². The van der Waals surface area contributed by atoms with E-state index >= 15 is 4.39 Å². The molecule has 3 aromatic heterocycles. The van der Waals surface area contributed by atoms with Crippen LogP contribution in [-0.2, 0) is 11.3 Å². The van der Waals surface area contributed by atoms with E-state index in [2.05, 4.69) is 20.6 Å². The zero-order chi connectivity index (χ0) is 29.4. The molecule has 2 aromatic carbocycles. The van der Waals surface area contributed by atoms with Crippen molar-refractivity contribution in [3.63, 3.8) is 0 Å². The number of rotatable bonds is 7. The molecule has 1 aliphatic rings. The number of hydrogen-bond acceptors (Lipinski definition) is 7. The van der Waals surface area contributed by atoms with Gasteiger partial charge in [-0.05, 0) is 60.3 Å². The molecular formula is C31H25FN4O5S. The van der Waals surface area contributed by atoms with Crippen LogP contribution in [0.4, 0.5) is 10.1 Å². The summed E-state index contributed by atoms with van der Waals surface area (Å²) in [6.07, 6.45) is 2.35. The summed E-state index contributed by atoms with van der Waals surface area (Å²) in [4.78, 5) is 47.7. The van der Waals surface area contributed by atoms with Crippen LogP contribution in [0, 0.1) is 5.82 Å². The second-order valence-electron chi connectivity index (χ2n) is 9.62. The molecule has 2 amide bonds. The zero-order valence-electron chi connectivity index (χ0n) is 22.7. The van der Waals surface area contributed by atoms with Gasteiger partial charge in [0.25, 0.3) is 11.8 Å². The van der Waals surface area contributed by atoms with Gasteiger partial charge < -0.3 is 25.1 Å². The van der Waals surface area contributed by atoms with E-state index in [1.165, 1.54) is 30.6 Å². The first kappa shape index (κ1) is 27.2. The number of benzene rings is 2. The number of H-pyrrole nitrogens is 1. The molecule has 11 heteroatoms. The molecule has 0 spiro atoms. The lowest BCUT2D eigenvalue weighted by Gasteiger charge is -2.22. The van der Waals surface area contributed by atoms with Gasteiger partial charge in [-0.2, -0.15) is 0 Å². The highest BCUT2D eigenvalue weighted by atomic mass is 32.1. The Morgan fingerprint density at radius 2 is 1.93 bits per heavy atom. The highest BCUT2D eigenvalue weighted by molar-refractivity contribution is 7.13. The number of nitrogens with one attached hydrogen (secondary N) is 3. The number of aromatic nitrogens is 2. The van der Waals surface area contributed by atoms with Crippen molar-refractivity contribution in [1.82, 2.24) is 15.3 Å². The number of pyridine rings is 1. The van der Waals surface area contributed by atoms with Crippen LogP contribution in [0.25, 0.3) is 32.5 Å². The molecule has 0 saturated heterocycles. The summed E-state index contributed by atoms with van der Waals surface area (Å²) in [6.45, 7) is 2.71. The lowest BCUT2D eigenvalue weighted by atomic mass is 9.92. The van der Waals surface area contributed by atoms with Gasteiger partial charge in [0.1, 0.15) is 18.1 Å². The van der Waals surface area contributed by atoms with Crippen molar-refractivity contribution in [1.29, 1.82) is 0 Å². The van der Waals surface area contributed by atoms with Crippen molar-refractivity contribution in [2.45, 2.75) is 20.0 Å². The van der Waals surface area contributed by atoms with Crippen LogP contribution in [0.15, 0.2) is 60.1 Å². The van der Waals surface area contributed by atoms with Gasteiger partial charge in [0.2, 0.25) is 0 Å². The fourth-order valence-electron chi connectivity index (χ4n) is 4.90. The van der Waals surface area contributed by atoms with Gasteiger partial charge in [-0.3, -0.25) is 9.59 Å². The van der Waals surface area contributed by atoms with Crippen molar-refractivity contribution in [3.8, 4) is 27.3 Å². The zero-order valence-corrected chi connectivity index (χ0v) is 23.5. The minimum atomic E-state index is -0.787. The highest BCUT2D eigenvalue weighted by Crippen LogP contribution is 2.45. The summed E-state index contributed by atoms with van der Waals surface area (Å²) < 4.78 is 26.3. The second kappa shape index (κ2) is 11.1. The normalized spacial score (nSPS) is 11.8. The van der Waals surface area contributed by atoms with Crippen molar-refractivity contribution >= 4 is 45.7 Å². The molecule has 5 aromatic rings. The average molecular weight is 585 g/mol. The quantitative estimate of drug-likeness (QED) is 0.197. The van der Waals surface area contributed by atoms with Crippen molar-refractivity contribution in [2.75, 3.05) is 19.0 Å². The monoisotopic (exact) mass is 584 g/mol. The Morgan fingerprint density at radius 1 is 1.07 bits per heavy atom. The number of carbonyl (C=O) groups is 3. The maximum absolute atomic E-state index is 15.3. The first-order valence-electron chi connectivity index (χ1n) is 13.2. The number of ether oxygens (including phenoxy) is 2. The summed E-state index contributed by atoms with van der Waals surface area (Å²) in [7, 11) is 1.21. The van der Waals surface area contributed by atoms with Gasteiger partial charge in [-0.25, -0.2) is 14.2 Å². The fourth-order valence-corrected chi connectivity index (χ4v) is 5.83. The van der Waals surface area contributed by atoms with Crippen LogP contribution in [0.5, 0.6) is 5.75 Å². The number of hydrogen-bond donors (Lipinski definition) is 3. The number of aromatic amines is 1. The molecule has 1 aliphatic heterocycles. The number of thiophene rings is 1. The van der Waals surface area contributed by atoms with Gasteiger partial charge in [0.05, 0.1) is 12.8 Å². The van der Waals surface area contributed by atoms with Crippen molar-refractivity contribution < 1.29 is 28.2 Å². The summed E-state index contributed by atoms with van der Waals surface area (Å²) in [5.41, 5.74) is 2.87. The first-order chi connectivity index (χ1) is 20.4. The topological polar surface area (TPSA) is 122 Å². The largest absolute Gasteiger partial charge is 0.488 e. The molecule has 212 valence electrons. The number of fused-ring (bicyclic) bond motifs is 4. The molecule has 0 fully saturated rings. The van der Waals surface area contributed by atoms with Gasteiger partial charge in [0.15, 0.2) is 11.5 Å². The van der Waals surface area contributed by atoms with E-state index in [1.54, 1.807) is 36.5 Å². The molecule has 0 saturated carbocycles. The maximum atomic E-state index is 15.3. The number of anilines is 1. The number of nitrogens with zero attached hydrogens (tertiary/aromatic N) is 1. The van der Waals surface area contributed by atoms with E-state index in [4.69, 9.17) is 9.47 Å². The molecule has 42 heavy (non-hydrogen) atoms. The van der Waals surface area contributed by atoms with Gasteiger partial charge >= 0.3 is 5.97 Å². The average Bonchev–Trinajstić information content (AvgIpc) is 3.70. The highest BCUT2D eigenvalue weighted by Gasteiger charge is 2.28. The number of esters is 1. The maximum Gasteiger partial charge on any atom is 0.357 e. The number of methoxy groups -OCH3 is 1. The van der Waals surface area contributed by atoms with Gasteiger partial charge in [0, 0.05) is 56.3 Å². The minimum Gasteiger partial charge on any atom is -0.488 e. The Bertz CT molecular complexity index is 1880. The Kier molecular flexibility index (Phi) is 7.17. The third-order valence-electron chi connectivity index (χ3n) is 6.99. The second-order valence-corrected chi connectivity index (χ2v) is 10.5. The van der Waals surface area contributed by atoms with Crippen molar-refractivity contribution in [3.05, 3.63) is 88.4 Å². The van der Waals surface area contributed by atoms with Gasteiger partial charge in [-0.1, -0.05) is 6.92 Å². The Labute approximate surface area is 243 Å². The van der Waals surface area contributed by atoms with Crippen LogP contribution >= 0.6 is 11.3 Å². The van der Waals surface area contributed by atoms with E-state index in [1.807, 2.05) is 18.4 Å². The number of carbonyl (C=O) groups excluding carboxylic acids is 3. The SMILES string of the molecule is CCCNC(=O)c1ccc(-c2cc3c(cc2C(=O)Nc2ccc4[nH]ccc4c2F)-c2sccc2CO3)c(C(=O)OC)n1. The van der Waals surface area contributed by atoms with E-state index in [-0.39, 0.29) is 28.2 Å². The summed E-state index contributed by atoms with van der Waals surface area (Å²) in [5.74, 6) is -1.90. The lowest BCUT2D eigenvalue weighted by Crippen LogP contribution is -2.26. The molecule has 0 aliphatic carbocycles. The van der Waals surface area contributed by atoms with Crippen LogP contribution in [0.2, 0.25) is 0 Å². The number of halogens is 1. The Morgan fingerprint density at radius 3 is 2.74 bits per heavy atom. The molecular weight excluding hydrogens is 559 g/mol. The molecule has 3 N–H and O–H groups in total. The van der Waals surface area contributed by atoms with Crippen LogP contribution in [-0.4, -0.2) is 41.4 Å². The Balaban J connectivity index is 1.50. The molecule has 6 rings (SSSR count). The third-order valence-corrected chi connectivity index (χ3v) is 7.98. The summed E-state index contributed by atoms with van der Waals surface area (Å²) in [5, 5.41) is 7.71. The molecule has 0 unspecified atom stereocenters. The third kappa shape index (κ3) is 4.77. The smallest absolute Gasteiger partial charge is 0.357 e. The van der Waals surface area contributed by atoms with E-state index < -0.39 is 23.6 Å². The molecule has 0 atom stereocenters.